The van der Waals surface area contributed by atoms with E-state index in [1.807, 2.05) is 151 Å². The Labute approximate surface area is 568 Å². The molecule has 0 bridgehead atoms. The Hall–Kier alpha value is -10.8. The fraction of sp³-hybridized carbons (Fsp3) is 0.191. The van der Waals surface area contributed by atoms with E-state index in [0.717, 1.165) is 89.0 Å². The Kier molecular flexibility index (Phi) is 21.0. The predicted molar refractivity (Wildman–Crippen MR) is 376 cm³/mol. The van der Waals surface area contributed by atoms with E-state index in [-0.39, 0.29) is 42.1 Å². The highest BCUT2D eigenvalue weighted by atomic mass is 79.9. The average molecular weight is 1420 g/mol. The number of nitrogens with zero attached hydrogens (tertiary/aromatic N) is 15. The summed E-state index contributed by atoms with van der Waals surface area (Å²) in [5, 5.41) is 33.9. The van der Waals surface area contributed by atoms with Crippen LogP contribution in [0, 0.1) is 48.5 Å². The SMILES string of the molecule is Cc1cc(B2OC(C)(C)C(C)(C)O2)cc2cccnc12.Cc1ccc(-c2nc(N)nnc2-c2cc(C)c3ncccc3c2)o1.Cc1ccc(-c2nc(N)nnc2-c2cc(C)c3ncccc3c2)o1.Cc1ccc(-c2nc(N)nnc2Br)o1.Cc1ccco1.Nc1ncc(Br)nn1. The first-order valence-corrected chi connectivity index (χ1v) is 31.4. The van der Waals surface area contributed by atoms with Crippen molar-refractivity contribution < 1.29 is 27.0 Å². The Morgan fingerprint density at radius 1 is 0.396 bits per heavy atom. The number of furan rings is 4. The molecule has 0 atom stereocenters. The number of pyridine rings is 3. The summed E-state index contributed by atoms with van der Waals surface area (Å²) in [6.07, 6.45) is 8.55. The molecule has 14 aromatic rings. The molecule has 11 aromatic heterocycles. The molecule has 28 heteroatoms. The van der Waals surface area contributed by atoms with Crippen LogP contribution in [0.25, 0.3) is 89.6 Å². The van der Waals surface area contributed by atoms with Crippen molar-refractivity contribution in [1.82, 2.24) is 75.7 Å². The van der Waals surface area contributed by atoms with Crippen LogP contribution in [0.15, 0.2) is 179 Å². The minimum atomic E-state index is -0.316. The summed E-state index contributed by atoms with van der Waals surface area (Å²) in [5.41, 5.74) is 33.5. The summed E-state index contributed by atoms with van der Waals surface area (Å²) < 4.78 is 35.0. The minimum Gasteiger partial charge on any atom is -0.470 e. The molecule has 1 aliphatic rings. The number of aromatic nitrogens is 15. The molecule has 0 amide bonds. The normalized spacial score (nSPS) is 12.7. The van der Waals surface area contributed by atoms with Crippen LogP contribution in [-0.2, 0) is 9.31 Å². The second-order valence-corrected chi connectivity index (χ2v) is 24.4. The van der Waals surface area contributed by atoms with Gasteiger partial charge in [0, 0.05) is 45.9 Å². The lowest BCUT2D eigenvalue weighted by Gasteiger charge is -2.32. The van der Waals surface area contributed by atoms with Gasteiger partial charge < -0.3 is 49.9 Å². The standard InChI is InChI=1S/2C18H15N5O.C16H20BNO2.C8H7BrN4O.C5H6O.C3H3BrN4/c2*1-10-8-13(9-12-4-3-7-20-15(10)12)16-17(21-18(19)23-22-16)14-6-5-11(2)24-14;1-11-9-13(10-12-7-6-8-18-14(11)12)17-19-15(2,3)16(4,5)20-17;1-4-2-3-5(14-4)6-7(9)12-13-8(10)11-6;1-5-3-2-4-6-5;4-2-1-6-3(5)8-7-2/h2*3-9H,1-2H3,(H2,19,21,23);6-10H,1-5H3;2-3H,1H3,(H2,10,11,13);2-4H,1H3;1H,(H2,5,6,8). The van der Waals surface area contributed by atoms with Gasteiger partial charge in [0.25, 0.3) is 0 Å². The number of rotatable bonds is 6. The van der Waals surface area contributed by atoms with E-state index < -0.39 is 0 Å². The lowest BCUT2D eigenvalue weighted by atomic mass is 9.77. The van der Waals surface area contributed by atoms with E-state index in [4.69, 9.17) is 49.9 Å². The van der Waals surface area contributed by atoms with Gasteiger partial charge in [-0.3, -0.25) is 15.0 Å². The summed E-state index contributed by atoms with van der Waals surface area (Å²) >= 11 is 6.28. The van der Waals surface area contributed by atoms with Crippen molar-refractivity contribution in [2.24, 2.45) is 0 Å². The Bertz CT molecular complexity index is 4800. The van der Waals surface area contributed by atoms with Crippen LogP contribution in [0.2, 0.25) is 0 Å². The summed E-state index contributed by atoms with van der Waals surface area (Å²) in [4.78, 5) is 29.6. The molecule has 0 unspecified atom stereocenters. The van der Waals surface area contributed by atoms with Crippen LogP contribution in [0.3, 0.4) is 0 Å². The van der Waals surface area contributed by atoms with Gasteiger partial charge in [-0.05, 0) is 221 Å². The number of nitrogens with two attached hydrogens (primary N) is 4. The van der Waals surface area contributed by atoms with Crippen molar-refractivity contribution in [3.8, 4) is 56.9 Å². The fourth-order valence-electron chi connectivity index (χ4n) is 9.75. The number of benzene rings is 3. The van der Waals surface area contributed by atoms with E-state index in [0.29, 0.717) is 55.0 Å². The van der Waals surface area contributed by atoms with E-state index in [1.54, 1.807) is 18.7 Å². The maximum atomic E-state index is 6.11. The molecule has 3 aromatic carbocycles. The lowest BCUT2D eigenvalue weighted by Crippen LogP contribution is -2.41. The van der Waals surface area contributed by atoms with E-state index >= 15 is 0 Å². The van der Waals surface area contributed by atoms with Crippen molar-refractivity contribution in [2.75, 3.05) is 22.9 Å². The monoisotopic (exact) mass is 1410 g/mol. The van der Waals surface area contributed by atoms with E-state index in [2.05, 4.69) is 160 Å². The molecule has 1 aliphatic heterocycles. The van der Waals surface area contributed by atoms with Crippen LogP contribution >= 0.6 is 31.9 Å². The van der Waals surface area contributed by atoms with Gasteiger partial charge in [0.1, 0.15) is 56.1 Å². The molecule has 1 fully saturated rings. The second kappa shape index (κ2) is 29.6. The molecule has 0 saturated carbocycles. The van der Waals surface area contributed by atoms with Gasteiger partial charge in [-0.15, -0.1) is 40.8 Å². The Morgan fingerprint density at radius 2 is 0.812 bits per heavy atom. The number of halogens is 2. The van der Waals surface area contributed by atoms with Crippen molar-refractivity contribution in [2.45, 2.75) is 87.4 Å². The topological polar surface area (TPSA) is 368 Å². The van der Waals surface area contributed by atoms with Gasteiger partial charge in [0.2, 0.25) is 23.8 Å². The van der Waals surface area contributed by atoms with Crippen LogP contribution in [0.4, 0.5) is 23.8 Å². The largest absolute Gasteiger partial charge is 0.494 e. The van der Waals surface area contributed by atoms with Gasteiger partial charge in [-0.2, -0.15) is 0 Å². The highest BCUT2D eigenvalue weighted by Crippen LogP contribution is 2.38. The Morgan fingerprint density at radius 3 is 1.20 bits per heavy atom. The number of anilines is 4. The van der Waals surface area contributed by atoms with Crippen molar-refractivity contribution in [3.05, 3.63) is 201 Å². The van der Waals surface area contributed by atoms with Crippen molar-refractivity contribution in [1.29, 1.82) is 0 Å². The maximum Gasteiger partial charge on any atom is 0.494 e. The average Bonchev–Trinajstić information content (AvgIpc) is 1.56. The third kappa shape index (κ3) is 16.6. The first kappa shape index (κ1) is 68.1. The molecule has 8 N–H and O–H groups in total. The highest BCUT2D eigenvalue weighted by Gasteiger charge is 2.51. The zero-order valence-electron chi connectivity index (χ0n) is 54.2. The molecule has 486 valence electrons. The maximum absolute atomic E-state index is 6.11. The first-order valence-electron chi connectivity index (χ1n) is 29.8. The van der Waals surface area contributed by atoms with Crippen LogP contribution in [0.1, 0.15) is 67.4 Å². The van der Waals surface area contributed by atoms with Crippen LogP contribution in [0.5, 0.6) is 0 Å². The number of hydrogen-bond donors (Lipinski definition) is 4. The number of nitrogen functional groups attached to an aromatic ring is 4. The fourth-order valence-corrected chi connectivity index (χ4v) is 10.3. The van der Waals surface area contributed by atoms with Crippen molar-refractivity contribution in [3.63, 3.8) is 0 Å². The molecule has 1 saturated heterocycles. The van der Waals surface area contributed by atoms with Crippen LogP contribution in [-0.4, -0.2) is 94.0 Å². The predicted octanol–water partition coefficient (Wildman–Crippen LogP) is 13.5. The smallest absolute Gasteiger partial charge is 0.470 e. The number of aryl methyl sites for hydroxylation is 7. The van der Waals surface area contributed by atoms with E-state index in [1.165, 1.54) is 6.20 Å². The summed E-state index contributed by atoms with van der Waals surface area (Å²) in [5.74, 6) is 5.77. The quantitative estimate of drug-likeness (QED) is 0.112. The van der Waals surface area contributed by atoms with Gasteiger partial charge >= 0.3 is 7.12 Å². The number of fused-ring (bicyclic) bond motifs is 3. The highest BCUT2D eigenvalue weighted by molar-refractivity contribution is 9.10. The molecule has 0 radical (unpaired) electrons. The third-order valence-electron chi connectivity index (χ3n) is 15.0. The molecular formula is C68H66BBr2N19O6. The zero-order chi connectivity index (χ0) is 68.4. The second-order valence-electron chi connectivity index (χ2n) is 22.9. The third-order valence-corrected chi connectivity index (χ3v) is 15.9. The molecule has 96 heavy (non-hydrogen) atoms. The van der Waals surface area contributed by atoms with Crippen molar-refractivity contribution >= 4 is 101 Å². The summed E-state index contributed by atoms with van der Waals surface area (Å²) in [6.45, 7) is 21.9. The molecule has 0 spiro atoms. The zero-order valence-corrected chi connectivity index (χ0v) is 57.4. The summed E-state index contributed by atoms with van der Waals surface area (Å²) in [6, 6.07) is 39.1. The van der Waals surface area contributed by atoms with Gasteiger partial charge in [0.15, 0.2) is 21.9 Å². The molecule has 15 rings (SSSR count). The Balaban J connectivity index is 0.000000132. The van der Waals surface area contributed by atoms with Gasteiger partial charge in [-0.1, -0.05) is 30.3 Å². The molecule has 0 aliphatic carbocycles. The van der Waals surface area contributed by atoms with Gasteiger partial charge in [-0.25, -0.2) is 19.9 Å². The number of hydrogen-bond acceptors (Lipinski definition) is 25. The van der Waals surface area contributed by atoms with E-state index in [9.17, 15) is 0 Å². The van der Waals surface area contributed by atoms with Crippen LogP contribution < -0.4 is 28.4 Å². The molecule has 12 heterocycles. The summed E-state index contributed by atoms with van der Waals surface area (Å²) in [7, 11) is -0.316. The molecular weight excluding hydrogens is 1350 g/mol. The minimum absolute atomic E-state index is 0.113. The first-order chi connectivity index (χ1) is 45.9. The molecule has 25 nitrogen and oxygen atoms in total. The van der Waals surface area contributed by atoms with Gasteiger partial charge in [0.05, 0.1) is 40.2 Å². The lowest BCUT2D eigenvalue weighted by molar-refractivity contribution is 0.00578.